The molecule has 0 saturated carbocycles. The second-order valence-corrected chi connectivity index (χ2v) is 7.75. The van der Waals surface area contributed by atoms with E-state index in [4.69, 9.17) is 0 Å². The van der Waals surface area contributed by atoms with Gasteiger partial charge in [-0.25, -0.2) is 0 Å². The van der Waals surface area contributed by atoms with Crippen molar-refractivity contribution < 1.29 is 4.57 Å². The smallest absolute Gasteiger partial charge is 0.271 e. The molecule has 0 aromatic rings. The molecule has 0 fully saturated rings. The zero-order valence-electron chi connectivity index (χ0n) is 4.70. The lowest BCUT2D eigenvalue weighted by atomic mass is 10.6. The molecule has 5 heteroatoms. The summed E-state index contributed by atoms with van der Waals surface area (Å²) in [4.78, 5) is 0. The highest BCUT2D eigenvalue weighted by Gasteiger charge is 2.02. The van der Waals surface area contributed by atoms with E-state index in [0.717, 1.165) is 0 Å². The molecule has 0 aliphatic rings. The van der Waals surface area contributed by atoms with Crippen molar-refractivity contribution in [1.29, 1.82) is 0 Å². The molecule has 0 saturated heterocycles. The minimum absolute atomic E-state index is 1.25. The molecular weight excluding hydrogens is 189 g/mol. The van der Waals surface area contributed by atoms with E-state index in [2.05, 4.69) is 47.6 Å². The van der Waals surface area contributed by atoms with Gasteiger partial charge in [0.05, 0.1) is 0 Å². The van der Waals surface area contributed by atoms with Gasteiger partial charge < -0.3 is 0 Å². The molecule has 0 unspecified atom stereocenters. The lowest BCUT2D eigenvalue weighted by Gasteiger charge is -1.74. The van der Waals surface area contributed by atoms with E-state index in [0.29, 0.717) is 0 Å². The SMILES string of the molecule is CCC.O=P(Cl)(Cl)Cl. The normalized spacial score (nSPS) is 9.62. The molecular formula is C3H8Cl3OP. The Kier molecular flexibility index (Phi) is 9.21. The first kappa shape index (κ1) is 11.8. The minimum atomic E-state index is -3.22. The van der Waals surface area contributed by atoms with Crippen LogP contribution in [0.3, 0.4) is 0 Å². The molecule has 0 atom stereocenters. The largest absolute Gasteiger partial charge is 0.339 e. The fourth-order valence-corrected chi connectivity index (χ4v) is 0. The summed E-state index contributed by atoms with van der Waals surface area (Å²) >= 11 is 13.8. The first-order valence-electron chi connectivity index (χ1n) is 2.10. The van der Waals surface area contributed by atoms with Gasteiger partial charge in [0.2, 0.25) is 0 Å². The minimum Gasteiger partial charge on any atom is -0.271 e. The van der Waals surface area contributed by atoms with Crippen LogP contribution in [-0.4, -0.2) is 0 Å². The van der Waals surface area contributed by atoms with Gasteiger partial charge in [-0.15, -0.1) is 0 Å². The Hall–Kier alpha value is 1.10. The molecule has 0 aromatic carbocycles. The van der Waals surface area contributed by atoms with E-state index in [1.165, 1.54) is 6.42 Å². The fraction of sp³-hybridized carbons (Fsp3) is 1.00. The van der Waals surface area contributed by atoms with Gasteiger partial charge in [0.25, 0.3) is 0 Å². The van der Waals surface area contributed by atoms with Crippen molar-refractivity contribution in [3.63, 3.8) is 0 Å². The summed E-state index contributed by atoms with van der Waals surface area (Å²) in [6.07, 6.45) is 1.25. The van der Waals surface area contributed by atoms with E-state index >= 15 is 0 Å². The van der Waals surface area contributed by atoms with Gasteiger partial charge in [-0.05, 0) is 33.7 Å². The highest BCUT2D eigenvalue weighted by Crippen LogP contribution is 2.61. The zero-order chi connectivity index (χ0) is 7.21. The molecule has 0 rings (SSSR count). The maximum Gasteiger partial charge on any atom is 0.339 e. The maximum atomic E-state index is 9.51. The fourth-order valence-electron chi connectivity index (χ4n) is 0. The van der Waals surface area contributed by atoms with Crippen LogP contribution in [0.4, 0.5) is 0 Å². The molecule has 0 amide bonds. The molecule has 0 heterocycles. The highest BCUT2D eigenvalue weighted by atomic mass is 36.0. The Balaban J connectivity index is 0. The molecule has 0 aliphatic carbocycles. The summed E-state index contributed by atoms with van der Waals surface area (Å²) in [6, 6.07) is 0. The molecule has 0 bridgehead atoms. The number of hydrogen-bond acceptors (Lipinski definition) is 1. The second-order valence-electron chi connectivity index (χ2n) is 1.11. The number of rotatable bonds is 0. The van der Waals surface area contributed by atoms with E-state index in [1.54, 1.807) is 0 Å². The van der Waals surface area contributed by atoms with Crippen molar-refractivity contribution in [3.8, 4) is 0 Å². The predicted octanol–water partition coefficient (Wildman–Crippen LogP) is 4.23. The standard InChI is InChI=1S/C3H8.Cl3OP/c1-3-2;1-5(2,3)4/h3H2,1-2H3;. The Bertz CT molecular complexity index is 70.3. The van der Waals surface area contributed by atoms with Gasteiger partial charge in [-0.2, -0.15) is 0 Å². The van der Waals surface area contributed by atoms with Gasteiger partial charge in [-0.3, -0.25) is 4.57 Å². The Morgan fingerprint density at radius 1 is 1.25 bits per heavy atom. The van der Waals surface area contributed by atoms with Crippen LogP contribution >= 0.6 is 38.9 Å². The van der Waals surface area contributed by atoms with Crippen molar-refractivity contribution in [2.24, 2.45) is 0 Å². The van der Waals surface area contributed by atoms with E-state index in [9.17, 15) is 4.57 Å². The Morgan fingerprint density at radius 3 is 1.25 bits per heavy atom. The van der Waals surface area contributed by atoms with Crippen molar-refractivity contribution >= 4 is 38.9 Å². The Labute approximate surface area is 64.1 Å². The topological polar surface area (TPSA) is 17.1 Å². The molecule has 0 radical (unpaired) electrons. The van der Waals surface area contributed by atoms with Gasteiger partial charge >= 0.3 is 5.20 Å². The van der Waals surface area contributed by atoms with Crippen LogP contribution in [0.15, 0.2) is 0 Å². The lowest BCUT2D eigenvalue weighted by Crippen LogP contribution is -1.27. The maximum absolute atomic E-state index is 9.51. The summed E-state index contributed by atoms with van der Waals surface area (Å²) in [7, 11) is 0. The molecule has 0 aromatic heterocycles. The summed E-state index contributed by atoms with van der Waals surface area (Å²) in [5.41, 5.74) is 0. The van der Waals surface area contributed by atoms with Gasteiger partial charge in [-0.1, -0.05) is 20.3 Å². The summed E-state index contributed by atoms with van der Waals surface area (Å²) in [5.74, 6) is 0. The third kappa shape index (κ3) is 218. The van der Waals surface area contributed by atoms with Crippen molar-refractivity contribution in [2.75, 3.05) is 0 Å². The third-order valence-corrected chi connectivity index (χ3v) is 0. The van der Waals surface area contributed by atoms with Crippen LogP contribution in [0.1, 0.15) is 20.3 Å². The van der Waals surface area contributed by atoms with Crippen LogP contribution in [0.2, 0.25) is 0 Å². The molecule has 52 valence electrons. The molecule has 8 heavy (non-hydrogen) atoms. The summed E-state index contributed by atoms with van der Waals surface area (Å²) in [6.45, 7) is 4.25. The van der Waals surface area contributed by atoms with Crippen LogP contribution in [0, 0.1) is 0 Å². The number of halogens is 3. The van der Waals surface area contributed by atoms with Crippen LogP contribution in [0.25, 0.3) is 0 Å². The van der Waals surface area contributed by atoms with Crippen LogP contribution in [-0.2, 0) is 4.57 Å². The van der Waals surface area contributed by atoms with Crippen LogP contribution < -0.4 is 0 Å². The van der Waals surface area contributed by atoms with Crippen molar-refractivity contribution in [3.05, 3.63) is 0 Å². The van der Waals surface area contributed by atoms with E-state index in [-0.39, 0.29) is 0 Å². The lowest BCUT2D eigenvalue weighted by molar-refractivity contribution is 0.600. The zero-order valence-corrected chi connectivity index (χ0v) is 7.86. The number of hydrogen-bond donors (Lipinski definition) is 0. The quantitative estimate of drug-likeness (QED) is 0.531. The second kappa shape index (κ2) is 6.22. The average molecular weight is 197 g/mol. The summed E-state index contributed by atoms with van der Waals surface area (Å²) < 4.78 is 9.51. The van der Waals surface area contributed by atoms with Crippen LogP contribution in [0.5, 0.6) is 0 Å². The first-order chi connectivity index (χ1) is 3.41. The van der Waals surface area contributed by atoms with Crippen molar-refractivity contribution in [1.82, 2.24) is 0 Å². The van der Waals surface area contributed by atoms with E-state index < -0.39 is 5.20 Å². The van der Waals surface area contributed by atoms with Gasteiger partial charge in [0.1, 0.15) is 0 Å². The first-order valence-corrected chi connectivity index (χ1v) is 6.53. The third-order valence-electron chi connectivity index (χ3n) is 0. The monoisotopic (exact) mass is 196 g/mol. The Morgan fingerprint density at radius 2 is 1.25 bits per heavy atom. The average Bonchev–Trinajstić information content (AvgIpc) is 1.27. The molecule has 1 nitrogen and oxygen atoms in total. The van der Waals surface area contributed by atoms with Crippen molar-refractivity contribution in [2.45, 2.75) is 20.3 Å². The van der Waals surface area contributed by atoms with Gasteiger partial charge in [0.15, 0.2) is 0 Å². The van der Waals surface area contributed by atoms with Gasteiger partial charge in [0, 0.05) is 0 Å². The summed E-state index contributed by atoms with van der Waals surface area (Å²) in [5, 5.41) is -3.22. The highest BCUT2D eigenvalue weighted by molar-refractivity contribution is 8.24. The predicted molar refractivity (Wildman–Crippen MR) is 41.1 cm³/mol. The van der Waals surface area contributed by atoms with E-state index in [1.807, 2.05) is 0 Å². The molecule has 0 spiro atoms. The molecule has 0 aliphatic heterocycles. The molecule has 0 N–H and O–H groups in total.